The average molecular weight is 681 g/mol. The zero-order valence-corrected chi connectivity index (χ0v) is 29.7. The lowest BCUT2D eigenvalue weighted by molar-refractivity contribution is 0.0600. The Balaban J connectivity index is 1.26. The maximum absolute atomic E-state index is 13.8. The molecule has 49 heavy (non-hydrogen) atoms. The zero-order valence-electron chi connectivity index (χ0n) is 28.8. The van der Waals surface area contributed by atoms with Gasteiger partial charge in [-0.3, -0.25) is 14.5 Å². The first-order valence-electron chi connectivity index (χ1n) is 17.4. The minimum Gasteiger partial charge on any atom is -0.465 e. The van der Waals surface area contributed by atoms with Crippen molar-refractivity contribution in [2.24, 2.45) is 5.73 Å². The lowest BCUT2D eigenvalue weighted by Crippen LogP contribution is -2.37. The number of ether oxygens (including phenoxy) is 1. The number of hydrogen-bond acceptors (Lipinski definition) is 7. The van der Waals surface area contributed by atoms with Crippen LogP contribution in [-0.4, -0.2) is 48.9 Å². The van der Waals surface area contributed by atoms with Crippen LogP contribution in [0.15, 0.2) is 72.8 Å². The fourth-order valence-corrected chi connectivity index (χ4v) is 7.92. The molecular weight excluding hydrogens is 633 g/mol. The van der Waals surface area contributed by atoms with Crippen LogP contribution < -0.4 is 16.4 Å². The summed E-state index contributed by atoms with van der Waals surface area (Å²) in [7, 11) is 1.38. The van der Waals surface area contributed by atoms with Crippen molar-refractivity contribution in [3.63, 3.8) is 0 Å². The number of carbonyl (C=O) groups excluding carboxylic acids is 3. The first-order valence-corrected chi connectivity index (χ1v) is 18.2. The molecule has 0 saturated carbocycles. The van der Waals surface area contributed by atoms with Crippen LogP contribution in [0.3, 0.4) is 0 Å². The molecule has 1 aliphatic carbocycles. The fourth-order valence-electron chi connectivity index (χ4n) is 6.64. The molecule has 0 bridgehead atoms. The number of benzene rings is 3. The number of nitrogens with two attached hydrogens (primary N) is 1. The molecule has 9 heteroatoms. The number of fused-ring (bicyclic) bond motifs is 1. The van der Waals surface area contributed by atoms with Crippen LogP contribution in [0.2, 0.25) is 0 Å². The molecule has 0 radical (unpaired) electrons. The molecule has 2 amide bonds. The van der Waals surface area contributed by atoms with Gasteiger partial charge in [0.25, 0.3) is 11.8 Å². The lowest BCUT2D eigenvalue weighted by Gasteiger charge is -2.30. The first kappa shape index (κ1) is 36.0. The maximum Gasteiger partial charge on any atom is 0.337 e. The van der Waals surface area contributed by atoms with Gasteiger partial charge in [-0.2, -0.15) is 0 Å². The summed E-state index contributed by atoms with van der Waals surface area (Å²) < 4.78 is 4.78. The van der Waals surface area contributed by atoms with Crippen molar-refractivity contribution in [3.05, 3.63) is 117 Å². The van der Waals surface area contributed by atoms with E-state index in [9.17, 15) is 14.4 Å². The third kappa shape index (κ3) is 9.23. The second kappa shape index (κ2) is 17.4. The van der Waals surface area contributed by atoms with E-state index < -0.39 is 0 Å². The normalized spacial score (nSPS) is 12.5. The number of methoxy groups -OCH3 is 1. The van der Waals surface area contributed by atoms with Gasteiger partial charge in [-0.1, -0.05) is 50.2 Å². The Hall–Kier alpha value is -4.31. The van der Waals surface area contributed by atoms with E-state index in [0.29, 0.717) is 40.0 Å². The molecule has 8 nitrogen and oxygen atoms in total. The number of thiophene rings is 1. The number of rotatable bonds is 15. The molecule has 0 aliphatic heterocycles. The summed E-state index contributed by atoms with van der Waals surface area (Å²) in [6.07, 6.45) is 7.58. The zero-order chi connectivity index (χ0) is 34.8. The SMILES string of the molecule is CCC(CC)N(CCN)Cc1cccc(C(=O)Nc2sc3c(c2C(=O)Nc2ccc(CCc4ccc(C(=O)OC)cc4)cc2)CCCC3)c1. The Morgan fingerprint density at radius 3 is 2.16 bits per heavy atom. The Labute approximate surface area is 294 Å². The molecule has 0 unspecified atom stereocenters. The highest BCUT2D eigenvalue weighted by molar-refractivity contribution is 7.17. The minimum absolute atomic E-state index is 0.204. The van der Waals surface area contributed by atoms with E-state index >= 15 is 0 Å². The quantitative estimate of drug-likeness (QED) is 0.111. The van der Waals surface area contributed by atoms with Gasteiger partial charge in [-0.25, -0.2) is 4.79 Å². The molecule has 5 rings (SSSR count). The molecule has 1 heterocycles. The number of anilines is 2. The van der Waals surface area contributed by atoms with Crippen LogP contribution in [0.1, 0.15) is 97.7 Å². The second-order valence-electron chi connectivity index (χ2n) is 12.6. The highest BCUT2D eigenvalue weighted by atomic mass is 32.1. The largest absolute Gasteiger partial charge is 0.465 e. The van der Waals surface area contributed by atoms with Gasteiger partial charge in [-0.05, 0) is 110 Å². The molecule has 0 atom stereocenters. The van der Waals surface area contributed by atoms with Gasteiger partial charge < -0.3 is 21.1 Å². The van der Waals surface area contributed by atoms with Crippen molar-refractivity contribution < 1.29 is 19.1 Å². The fraction of sp³-hybridized carbons (Fsp3) is 0.375. The van der Waals surface area contributed by atoms with Gasteiger partial charge in [0.15, 0.2) is 0 Å². The van der Waals surface area contributed by atoms with E-state index in [1.54, 1.807) is 12.1 Å². The molecule has 1 aliphatic rings. The summed E-state index contributed by atoms with van der Waals surface area (Å²) in [4.78, 5) is 42.7. The topological polar surface area (TPSA) is 114 Å². The molecule has 3 aromatic carbocycles. The first-order chi connectivity index (χ1) is 23.8. The third-order valence-corrected chi connectivity index (χ3v) is 10.6. The number of amides is 2. The standard InChI is InChI=1S/C40H48N4O4S/c1-4-33(5-2)44(24-23-41)26-29-9-8-10-31(25-29)37(45)43-39-36(34-11-6-7-12-35(34)49-39)38(46)42-32-21-17-28(18-22-32)14-13-27-15-19-30(20-16-27)40(47)48-3/h8-10,15-22,25,33H,4-7,11-14,23-24,26,41H2,1-3H3,(H,42,46)(H,43,45). The van der Waals surface area contributed by atoms with Crippen LogP contribution in [0.5, 0.6) is 0 Å². The van der Waals surface area contributed by atoms with E-state index in [1.165, 1.54) is 23.3 Å². The van der Waals surface area contributed by atoms with E-state index in [2.05, 4.69) is 35.4 Å². The molecule has 0 spiro atoms. The molecule has 4 N–H and O–H groups in total. The van der Waals surface area contributed by atoms with Gasteiger partial charge in [0.2, 0.25) is 0 Å². The average Bonchev–Trinajstić information content (AvgIpc) is 3.49. The number of nitrogens with zero attached hydrogens (tertiary/aromatic N) is 1. The van der Waals surface area contributed by atoms with E-state index in [1.807, 2.05) is 54.6 Å². The lowest BCUT2D eigenvalue weighted by atomic mass is 9.95. The number of nitrogens with one attached hydrogen (secondary N) is 2. The van der Waals surface area contributed by atoms with Gasteiger partial charge in [-0.15, -0.1) is 11.3 Å². The Bertz CT molecular complexity index is 1730. The van der Waals surface area contributed by atoms with Crippen molar-refractivity contribution in [2.45, 2.75) is 77.8 Å². The van der Waals surface area contributed by atoms with Gasteiger partial charge in [0, 0.05) is 41.8 Å². The predicted octanol–water partition coefficient (Wildman–Crippen LogP) is 7.65. The smallest absolute Gasteiger partial charge is 0.337 e. The van der Waals surface area contributed by atoms with Crippen LogP contribution in [0.4, 0.5) is 10.7 Å². The van der Waals surface area contributed by atoms with E-state index in [0.717, 1.165) is 86.7 Å². The second-order valence-corrected chi connectivity index (χ2v) is 13.7. The highest BCUT2D eigenvalue weighted by Gasteiger charge is 2.27. The summed E-state index contributed by atoms with van der Waals surface area (Å²) in [6.45, 7) is 6.52. The minimum atomic E-state index is -0.342. The van der Waals surface area contributed by atoms with Crippen molar-refractivity contribution in [2.75, 3.05) is 30.8 Å². The van der Waals surface area contributed by atoms with Crippen LogP contribution in [-0.2, 0) is 37.0 Å². The van der Waals surface area contributed by atoms with Crippen LogP contribution in [0, 0.1) is 0 Å². The van der Waals surface area contributed by atoms with Gasteiger partial charge in [0.1, 0.15) is 5.00 Å². The molecule has 4 aromatic rings. The van der Waals surface area contributed by atoms with Crippen LogP contribution >= 0.6 is 11.3 Å². The van der Waals surface area contributed by atoms with Crippen molar-refractivity contribution in [1.29, 1.82) is 0 Å². The summed E-state index contributed by atoms with van der Waals surface area (Å²) >= 11 is 1.53. The Morgan fingerprint density at radius 2 is 1.51 bits per heavy atom. The molecule has 0 saturated heterocycles. The third-order valence-electron chi connectivity index (χ3n) is 9.36. The molecular formula is C40H48N4O4S. The van der Waals surface area contributed by atoms with E-state index in [-0.39, 0.29) is 17.8 Å². The molecule has 0 fully saturated rings. The summed E-state index contributed by atoms with van der Waals surface area (Å²) in [6, 6.07) is 23.5. The Kier molecular flexibility index (Phi) is 12.8. The maximum atomic E-state index is 13.8. The van der Waals surface area contributed by atoms with Crippen molar-refractivity contribution in [1.82, 2.24) is 4.90 Å². The van der Waals surface area contributed by atoms with Crippen LogP contribution in [0.25, 0.3) is 0 Å². The molecule has 1 aromatic heterocycles. The van der Waals surface area contributed by atoms with Crippen molar-refractivity contribution in [3.8, 4) is 0 Å². The van der Waals surface area contributed by atoms with E-state index in [4.69, 9.17) is 10.5 Å². The van der Waals surface area contributed by atoms with Gasteiger partial charge >= 0.3 is 5.97 Å². The predicted molar refractivity (Wildman–Crippen MR) is 199 cm³/mol. The molecule has 258 valence electrons. The van der Waals surface area contributed by atoms with Crippen molar-refractivity contribution >= 4 is 39.8 Å². The Morgan fingerprint density at radius 1 is 0.837 bits per heavy atom. The number of aryl methyl sites for hydroxylation is 3. The summed E-state index contributed by atoms with van der Waals surface area (Å²) in [5.41, 5.74) is 12.7. The summed E-state index contributed by atoms with van der Waals surface area (Å²) in [5, 5.41) is 6.82. The highest BCUT2D eigenvalue weighted by Crippen LogP contribution is 2.39. The van der Waals surface area contributed by atoms with Gasteiger partial charge in [0.05, 0.1) is 18.2 Å². The summed E-state index contributed by atoms with van der Waals surface area (Å²) in [5.74, 6) is -0.763. The monoisotopic (exact) mass is 680 g/mol. The number of carbonyl (C=O) groups is 3. The number of hydrogen-bond donors (Lipinski definition) is 3. The number of esters is 1.